The number of rotatable bonds is 0. The van der Waals surface area contributed by atoms with Crippen LogP contribution in [-0.4, -0.2) is 17.5 Å². The predicted octanol–water partition coefficient (Wildman–Crippen LogP) is -1.12. The molecule has 5 heteroatoms. The highest BCUT2D eigenvalue weighted by atomic mass is 15.3. The van der Waals surface area contributed by atoms with Crippen LogP contribution in [0.25, 0.3) is 11.5 Å². The van der Waals surface area contributed by atoms with Gasteiger partial charge in [-0.3, -0.25) is 4.57 Å². The van der Waals surface area contributed by atoms with Crippen molar-refractivity contribution in [2.75, 3.05) is 0 Å². The lowest BCUT2D eigenvalue weighted by atomic mass is 10.3. The van der Waals surface area contributed by atoms with E-state index in [2.05, 4.69) is 14.1 Å². The first-order valence-electron chi connectivity index (χ1n) is 4.06. The first-order valence-corrected chi connectivity index (χ1v) is 4.06. The zero-order valence-electron chi connectivity index (χ0n) is 6.96. The Bertz CT molecular complexity index is 477. The van der Waals surface area contributed by atoms with Crippen molar-refractivity contribution in [1.82, 2.24) is 9.55 Å². The highest BCUT2D eigenvalue weighted by Crippen LogP contribution is 2.14. The Hall–Kier alpha value is -1.65. The fourth-order valence-corrected chi connectivity index (χ4v) is 1.70. The summed E-state index contributed by atoms with van der Waals surface area (Å²) in [4.78, 5) is 4.06. The molecule has 0 saturated carbocycles. The number of hydrogen-bond acceptors (Lipinski definition) is 1. The van der Waals surface area contributed by atoms with Crippen molar-refractivity contribution in [3.8, 4) is 11.5 Å². The van der Waals surface area contributed by atoms with Crippen molar-refractivity contribution in [3.05, 3.63) is 31.0 Å². The van der Waals surface area contributed by atoms with Crippen LogP contribution in [0.15, 0.2) is 31.0 Å². The number of hydrogen-bond donors (Lipinski definition) is 0. The molecule has 13 heavy (non-hydrogen) atoms. The molecule has 0 amide bonds. The molecule has 0 aliphatic carbocycles. The van der Waals surface area contributed by atoms with E-state index in [1.807, 2.05) is 31.0 Å². The maximum Gasteiger partial charge on any atom is 0.592 e. The summed E-state index contributed by atoms with van der Waals surface area (Å²) in [6.07, 6.45) is 7.46. The van der Waals surface area contributed by atoms with Crippen LogP contribution in [0, 0.1) is 0 Å². The summed E-state index contributed by atoms with van der Waals surface area (Å²) in [7, 11) is 5.80. The SMILES string of the molecule is [B][n+]1ccc[n+]2c1-c1cncn1C2. The number of fused-ring (bicyclic) bond motifs is 3. The molecule has 1 aliphatic rings. The number of nitrogens with zero attached hydrogens (tertiary/aromatic N) is 4. The average Bonchev–Trinajstić information content (AvgIpc) is 2.62. The normalized spacial score (nSPS) is 12.6. The summed E-state index contributed by atoms with van der Waals surface area (Å²) in [5.41, 5.74) is 1.06. The molecule has 0 aromatic carbocycles. The molecule has 0 spiro atoms. The minimum absolute atomic E-state index is 0.794. The maximum atomic E-state index is 5.80. The van der Waals surface area contributed by atoms with Crippen LogP contribution in [0.1, 0.15) is 0 Å². The van der Waals surface area contributed by atoms with Crippen molar-refractivity contribution in [2.24, 2.45) is 0 Å². The third-order valence-electron chi connectivity index (χ3n) is 2.28. The zero-order chi connectivity index (χ0) is 8.84. The standard InChI is InChI=1S/C8H7BN4/c9-13-3-1-2-11-6-12-5-10-4-7(12)8(11)13/h1-5H,6H2/q+2. The molecule has 60 valence electrons. The first-order chi connectivity index (χ1) is 6.36. The van der Waals surface area contributed by atoms with E-state index in [0.29, 0.717) is 0 Å². The number of aromatic nitrogens is 4. The average molecular weight is 170 g/mol. The van der Waals surface area contributed by atoms with E-state index in [1.165, 1.54) is 0 Å². The highest BCUT2D eigenvalue weighted by molar-refractivity contribution is 5.95. The van der Waals surface area contributed by atoms with E-state index in [9.17, 15) is 0 Å². The van der Waals surface area contributed by atoms with Gasteiger partial charge in [-0.25, -0.2) is 9.46 Å². The topological polar surface area (TPSA) is 25.6 Å². The van der Waals surface area contributed by atoms with E-state index in [4.69, 9.17) is 7.98 Å². The quantitative estimate of drug-likeness (QED) is 0.310. The fraction of sp³-hybridized carbons (Fsp3) is 0.125. The maximum absolute atomic E-state index is 5.80. The molecule has 1 aliphatic heterocycles. The molecule has 0 unspecified atom stereocenters. The summed E-state index contributed by atoms with van der Waals surface area (Å²) in [6.45, 7) is 0.794. The molecule has 0 fully saturated rings. The van der Waals surface area contributed by atoms with Crippen molar-refractivity contribution < 1.29 is 9.05 Å². The van der Waals surface area contributed by atoms with Gasteiger partial charge in [-0.15, -0.1) is 4.57 Å². The van der Waals surface area contributed by atoms with Gasteiger partial charge in [0.1, 0.15) is 6.33 Å². The summed E-state index contributed by atoms with van der Waals surface area (Å²) < 4.78 is 5.75. The van der Waals surface area contributed by atoms with E-state index in [1.54, 1.807) is 4.48 Å². The van der Waals surface area contributed by atoms with Crippen LogP contribution >= 0.6 is 0 Å². The van der Waals surface area contributed by atoms with Gasteiger partial charge in [-0.05, 0) is 0 Å². The van der Waals surface area contributed by atoms with Gasteiger partial charge >= 0.3 is 13.8 Å². The van der Waals surface area contributed by atoms with E-state index < -0.39 is 0 Å². The molecule has 2 radical (unpaired) electrons. The van der Waals surface area contributed by atoms with E-state index in [-0.39, 0.29) is 0 Å². The Balaban J connectivity index is 2.37. The molecule has 0 bridgehead atoms. The largest absolute Gasteiger partial charge is 0.592 e. The van der Waals surface area contributed by atoms with Crippen molar-refractivity contribution in [2.45, 2.75) is 6.67 Å². The number of imidazole rings is 1. The second-order valence-corrected chi connectivity index (χ2v) is 3.08. The lowest BCUT2D eigenvalue weighted by Gasteiger charge is -1.88. The van der Waals surface area contributed by atoms with Gasteiger partial charge in [-0.2, -0.15) is 0 Å². The van der Waals surface area contributed by atoms with Crippen molar-refractivity contribution in [3.63, 3.8) is 0 Å². The second-order valence-electron chi connectivity index (χ2n) is 3.08. The van der Waals surface area contributed by atoms with Gasteiger partial charge in [0.2, 0.25) is 12.4 Å². The van der Waals surface area contributed by atoms with Gasteiger partial charge in [-0.1, -0.05) is 0 Å². The Morgan fingerprint density at radius 1 is 1.46 bits per heavy atom. The summed E-state index contributed by atoms with van der Waals surface area (Å²) in [5, 5.41) is 0. The molecule has 0 saturated heterocycles. The van der Waals surface area contributed by atoms with Crippen LogP contribution in [0.3, 0.4) is 0 Å². The lowest BCUT2D eigenvalue weighted by molar-refractivity contribution is -0.747. The third kappa shape index (κ3) is 0.784. The first kappa shape index (κ1) is 6.83. The van der Waals surface area contributed by atoms with Crippen LogP contribution in [0.5, 0.6) is 0 Å². The fourth-order valence-electron chi connectivity index (χ4n) is 1.70. The van der Waals surface area contributed by atoms with Crippen LogP contribution in [0.2, 0.25) is 0 Å². The third-order valence-corrected chi connectivity index (χ3v) is 2.28. The Morgan fingerprint density at radius 3 is 3.31 bits per heavy atom. The van der Waals surface area contributed by atoms with Gasteiger partial charge in [0.05, 0.1) is 12.3 Å². The smallest absolute Gasteiger partial charge is 0.262 e. The molecule has 2 aromatic rings. The molecule has 4 nitrogen and oxygen atoms in total. The Labute approximate surface area is 76.5 Å². The van der Waals surface area contributed by atoms with Gasteiger partial charge < -0.3 is 0 Å². The summed E-state index contributed by atoms with van der Waals surface area (Å²) in [5.74, 6) is 0.986. The van der Waals surface area contributed by atoms with Crippen LogP contribution in [-0.2, 0) is 6.67 Å². The van der Waals surface area contributed by atoms with Gasteiger partial charge in [0, 0.05) is 0 Å². The van der Waals surface area contributed by atoms with Crippen molar-refractivity contribution >= 4 is 7.98 Å². The minimum atomic E-state index is 0.794. The molecule has 2 aromatic heterocycles. The van der Waals surface area contributed by atoms with Crippen molar-refractivity contribution in [1.29, 1.82) is 0 Å². The van der Waals surface area contributed by atoms with Gasteiger partial charge in [0.25, 0.3) is 0 Å². The monoisotopic (exact) mass is 170 g/mol. The van der Waals surface area contributed by atoms with Crippen LogP contribution < -0.4 is 9.05 Å². The van der Waals surface area contributed by atoms with Crippen LogP contribution in [0.4, 0.5) is 0 Å². The summed E-state index contributed by atoms with van der Waals surface area (Å²) >= 11 is 0. The van der Waals surface area contributed by atoms with E-state index >= 15 is 0 Å². The Kier molecular flexibility index (Phi) is 1.15. The predicted molar refractivity (Wildman–Crippen MR) is 44.6 cm³/mol. The molecular formula is C8H7BN4+2. The summed E-state index contributed by atoms with van der Waals surface area (Å²) in [6, 6.07) is 1.92. The zero-order valence-corrected chi connectivity index (χ0v) is 6.96. The molecule has 0 atom stereocenters. The molecule has 3 rings (SSSR count). The second kappa shape index (κ2) is 2.19. The molecule has 3 heterocycles. The van der Waals surface area contributed by atoms with E-state index in [0.717, 1.165) is 18.2 Å². The highest BCUT2D eigenvalue weighted by Gasteiger charge is 2.33. The Morgan fingerprint density at radius 2 is 2.38 bits per heavy atom. The minimum Gasteiger partial charge on any atom is -0.262 e. The lowest BCUT2D eigenvalue weighted by Crippen LogP contribution is -2.47. The molecular weight excluding hydrogens is 163 g/mol. The van der Waals surface area contributed by atoms with Gasteiger partial charge in [0.15, 0.2) is 12.4 Å². The molecule has 0 N–H and O–H groups in total.